The molecule has 4 rings (SSSR count). The SMILES string of the molecule is Cc1ccc(N2C[C@@H](NC(=O)C=C3CCC3)[C@@H](n3ccnn3)C2)nn1. The molecule has 1 amide bonds. The quantitative estimate of drug-likeness (QED) is 0.837. The molecule has 2 aromatic heterocycles. The Balaban J connectivity index is 1.52. The van der Waals surface area contributed by atoms with Crippen molar-refractivity contribution in [2.75, 3.05) is 18.0 Å². The predicted molar refractivity (Wildman–Crippen MR) is 91.9 cm³/mol. The molecule has 1 N–H and O–H groups in total. The number of carbonyl (C=O) groups excluding carboxylic acids is 1. The van der Waals surface area contributed by atoms with Crippen LogP contribution < -0.4 is 10.2 Å². The van der Waals surface area contributed by atoms with Gasteiger partial charge in [-0.2, -0.15) is 5.10 Å². The number of anilines is 1. The van der Waals surface area contributed by atoms with E-state index in [9.17, 15) is 4.79 Å². The molecule has 0 bridgehead atoms. The summed E-state index contributed by atoms with van der Waals surface area (Å²) in [6.07, 6.45) is 8.49. The van der Waals surface area contributed by atoms with E-state index in [-0.39, 0.29) is 18.0 Å². The minimum Gasteiger partial charge on any atom is -0.351 e. The van der Waals surface area contributed by atoms with Crippen LogP contribution in [0.2, 0.25) is 0 Å². The van der Waals surface area contributed by atoms with E-state index in [2.05, 4.69) is 30.7 Å². The molecular formula is C17H21N7O. The number of amides is 1. The number of nitrogens with one attached hydrogen (secondary N) is 1. The van der Waals surface area contributed by atoms with Gasteiger partial charge in [0.2, 0.25) is 5.91 Å². The largest absolute Gasteiger partial charge is 0.351 e. The summed E-state index contributed by atoms with van der Waals surface area (Å²) in [5.74, 6) is 0.784. The zero-order valence-corrected chi connectivity index (χ0v) is 14.2. The average Bonchev–Trinajstić information content (AvgIpc) is 3.21. The normalized spacial score (nSPS) is 22.6. The number of aryl methyl sites for hydroxylation is 1. The van der Waals surface area contributed by atoms with E-state index in [0.717, 1.165) is 24.4 Å². The van der Waals surface area contributed by atoms with Crippen LogP contribution in [0, 0.1) is 6.92 Å². The molecule has 2 aliphatic rings. The molecule has 25 heavy (non-hydrogen) atoms. The maximum absolute atomic E-state index is 12.3. The first-order chi connectivity index (χ1) is 12.2. The molecule has 1 saturated carbocycles. The second kappa shape index (κ2) is 6.62. The minimum absolute atomic E-state index is 0.00865. The highest BCUT2D eigenvalue weighted by atomic mass is 16.1. The number of nitrogens with zero attached hydrogens (tertiary/aromatic N) is 6. The molecular weight excluding hydrogens is 318 g/mol. The van der Waals surface area contributed by atoms with Crippen LogP contribution in [0.15, 0.2) is 36.2 Å². The summed E-state index contributed by atoms with van der Waals surface area (Å²) in [5, 5.41) is 19.6. The molecule has 0 radical (unpaired) electrons. The molecule has 130 valence electrons. The van der Waals surface area contributed by atoms with Gasteiger partial charge in [0, 0.05) is 25.4 Å². The zero-order valence-electron chi connectivity index (χ0n) is 14.2. The first-order valence-corrected chi connectivity index (χ1v) is 8.60. The summed E-state index contributed by atoms with van der Waals surface area (Å²) in [7, 11) is 0. The summed E-state index contributed by atoms with van der Waals surface area (Å²) in [4.78, 5) is 14.5. The van der Waals surface area contributed by atoms with Crippen LogP contribution in [-0.4, -0.2) is 50.2 Å². The van der Waals surface area contributed by atoms with Gasteiger partial charge in [-0.05, 0) is 38.3 Å². The highest BCUT2D eigenvalue weighted by Crippen LogP contribution is 2.27. The molecule has 2 aromatic rings. The fraction of sp³-hybridized carbons (Fsp3) is 0.471. The fourth-order valence-electron chi connectivity index (χ4n) is 3.27. The molecule has 1 aliphatic heterocycles. The Hall–Kier alpha value is -2.77. The highest BCUT2D eigenvalue weighted by molar-refractivity contribution is 5.88. The second-order valence-electron chi connectivity index (χ2n) is 6.66. The Labute approximate surface area is 145 Å². The van der Waals surface area contributed by atoms with Gasteiger partial charge in [0.15, 0.2) is 5.82 Å². The van der Waals surface area contributed by atoms with Crippen molar-refractivity contribution in [1.82, 2.24) is 30.5 Å². The van der Waals surface area contributed by atoms with Crippen molar-refractivity contribution in [2.24, 2.45) is 0 Å². The Morgan fingerprint density at radius 1 is 1.28 bits per heavy atom. The summed E-state index contributed by atoms with van der Waals surface area (Å²) in [5.41, 5.74) is 2.11. The van der Waals surface area contributed by atoms with Gasteiger partial charge >= 0.3 is 0 Å². The monoisotopic (exact) mass is 339 g/mol. The molecule has 1 aliphatic carbocycles. The summed E-state index contributed by atoms with van der Waals surface area (Å²) in [6.45, 7) is 3.27. The van der Waals surface area contributed by atoms with E-state index >= 15 is 0 Å². The van der Waals surface area contributed by atoms with E-state index < -0.39 is 0 Å². The molecule has 2 atom stereocenters. The lowest BCUT2D eigenvalue weighted by molar-refractivity contribution is -0.117. The van der Waals surface area contributed by atoms with Gasteiger partial charge in [-0.15, -0.1) is 10.2 Å². The maximum Gasteiger partial charge on any atom is 0.244 e. The van der Waals surface area contributed by atoms with Crippen LogP contribution in [0.25, 0.3) is 0 Å². The summed E-state index contributed by atoms with van der Waals surface area (Å²) < 4.78 is 1.81. The molecule has 0 spiro atoms. The number of rotatable bonds is 4. The van der Waals surface area contributed by atoms with Crippen molar-refractivity contribution >= 4 is 11.7 Å². The van der Waals surface area contributed by atoms with Crippen LogP contribution in [0.4, 0.5) is 5.82 Å². The lowest BCUT2D eigenvalue weighted by Gasteiger charge is -2.20. The molecule has 0 aromatic carbocycles. The first kappa shape index (κ1) is 15.7. The Kier molecular flexibility index (Phi) is 4.17. The first-order valence-electron chi connectivity index (χ1n) is 8.60. The molecule has 3 heterocycles. The topological polar surface area (TPSA) is 88.8 Å². The molecule has 0 unspecified atom stereocenters. The average molecular weight is 339 g/mol. The third kappa shape index (κ3) is 3.38. The molecule has 8 nitrogen and oxygen atoms in total. The van der Waals surface area contributed by atoms with Gasteiger partial charge in [-0.1, -0.05) is 10.8 Å². The number of hydrogen-bond acceptors (Lipinski definition) is 6. The van der Waals surface area contributed by atoms with Gasteiger partial charge in [0.25, 0.3) is 0 Å². The number of hydrogen-bond donors (Lipinski definition) is 1. The Morgan fingerprint density at radius 2 is 2.16 bits per heavy atom. The van der Waals surface area contributed by atoms with E-state index in [1.54, 1.807) is 12.3 Å². The van der Waals surface area contributed by atoms with Crippen LogP contribution in [-0.2, 0) is 4.79 Å². The van der Waals surface area contributed by atoms with Crippen molar-refractivity contribution < 1.29 is 4.79 Å². The Bertz CT molecular complexity index is 763. The smallest absolute Gasteiger partial charge is 0.244 e. The second-order valence-corrected chi connectivity index (χ2v) is 6.66. The van der Waals surface area contributed by atoms with Crippen molar-refractivity contribution in [3.05, 3.63) is 41.9 Å². The van der Waals surface area contributed by atoms with Crippen molar-refractivity contribution in [1.29, 1.82) is 0 Å². The lowest BCUT2D eigenvalue weighted by atomic mass is 9.92. The molecule has 2 fully saturated rings. The van der Waals surface area contributed by atoms with Crippen LogP contribution in [0.3, 0.4) is 0 Å². The summed E-state index contributed by atoms with van der Waals surface area (Å²) in [6, 6.07) is 3.85. The van der Waals surface area contributed by atoms with E-state index in [0.29, 0.717) is 13.1 Å². The van der Waals surface area contributed by atoms with Crippen molar-refractivity contribution in [3.63, 3.8) is 0 Å². The fourth-order valence-corrected chi connectivity index (χ4v) is 3.27. The number of aromatic nitrogens is 5. The van der Waals surface area contributed by atoms with E-state index in [1.165, 1.54) is 12.0 Å². The third-order valence-electron chi connectivity index (χ3n) is 4.84. The van der Waals surface area contributed by atoms with Crippen LogP contribution >= 0.6 is 0 Å². The predicted octanol–water partition coefficient (Wildman–Crippen LogP) is 1.03. The third-order valence-corrected chi connectivity index (χ3v) is 4.84. The van der Waals surface area contributed by atoms with Gasteiger partial charge in [0.05, 0.1) is 24.0 Å². The lowest BCUT2D eigenvalue weighted by Crippen LogP contribution is -2.41. The number of allylic oxidation sites excluding steroid dienone is 1. The molecule has 1 saturated heterocycles. The maximum atomic E-state index is 12.3. The standard InChI is InChI=1S/C17H21N7O/c1-12-5-6-16(21-20-12)23-10-14(15(11-23)24-8-7-18-22-24)19-17(25)9-13-3-2-4-13/h5-9,14-15H,2-4,10-11H2,1H3,(H,19,25)/t14-,15+/m1/s1. The van der Waals surface area contributed by atoms with E-state index in [1.807, 2.05) is 29.9 Å². The van der Waals surface area contributed by atoms with Crippen LogP contribution in [0.5, 0.6) is 0 Å². The van der Waals surface area contributed by atoms with Crippen molar-refractivity contribution in [3.8, 4) is 0 Å². The molecule has 8 heteroatoms. The van der Waals surface area contributed by atoms with Gasteiger partial charge in [0.1, 0.15) is 0 Å². The van der Waals surface area contributed by atoms with Gasteiger partial charge in [-0.3, -0.25) is 4.79 Å². The van der Waals surface area contributed by atoms with E-state index in [4.69, 9.17) is 0 Å². The minimum atomic E-state index is -0.0609. The Morgan fingerprint density at radius 3 is 2.80 bits per heavy atom. The van der Waals surface area contributed by atoms with Gasteiger partial charge < -0.3 is 10.2 Å². The summed E-state index contributed by atoms with van der Waals surface area (Å²) >= 11 is 0. The van der Waals surface area contributed by atoms with Gasteiger partial charge in [-0.25, -0.2) is 4.68 Å². The van der Waals surface area contributed by atoms with Crippen molar-refractivity contribution in [2.45, 2.75) is 38.3 Å². The van der Waals surface area contributed by atoms with Crippen LogP contribution in [0.1, 0.15) is 31.0 Å². The number of carbonyl (C=O) groups is 1. The zero-order chi connectivity index (χ0) is 17.2. The highest BCUT2D eigenvalue weighted by Gasteiger charge is 2.36.